The second-order valence-corrected chi connectivity index (χ2v) is 6.60. The third-order valence-corrected chi connectivity index (χ3v) is 3.73. The van der Waals surface area contributed by atoms with Crippen molar-refractivity contribution in [2.75, 3.05) is 13.7 Å². The SMILES string of the molecule is COc1cc(C)sc1C(=O)NCC(O)C(C)(C)C. The highest BCUT2D eigenvalue weighted by atomic mass is 32.1. The number of thiophene rings is 1. The molecule has 102 valence electrons. The summed E-state index contributed by atoms with van der Waals surface area (Å²) in [7, 11) is 1.54. The van der Waals surface area contributed by atoms with Crippen LogP contribution in [0.1, 0.15) is 35.3 Å². The second-order valence-electron chi connectivity index (χ2n) is 5.35. The minimum absolute atomic E-state index is 0.201. The van der Waals surface area contributed by atoms with E-state index in [-0.39, 0.29) is 17.9 Å². The standard InChI is InChI=1S/C13H21NO3S/c1-8-6-9(17-5)11(18-8)12(16)14-7-10(15)13(2,3)4/h6,10,15H,7H2,1-5H3,(H,14,16). The van der Waals surface area contributed by atoms with Gasteiger partial charge in [-0.1, -0.05) is 20.8 Å². The first-order chi connectivity index (χ1) is 8.25. The third-order valence-electron chi connectivity index (χ3n) is 2.70. The molecule has 0 aliphatic carbocycles. The lowest BCUT2D eigenvalue weighted by molar-refractivity contribution is 0.0587. The maximum Gasteiger partial charge on any atom is 0.265 e. The zero-order chi connectivity index (χ0) is 13.9. The van der Waals surface area contributed by atoms with E-state index in [0.29, 0.717) is 10.6 Å². The van der Waals surface area contributed by atoms with Gasteiger partial charge < -0.3 is 15.2 Å². The summed E-state index contributed by atoms with van der Waals surface area (Å²) in [5.41, 5.74) is -0.247. The molecule has 1 aromatic heterocycles. The van der Waals surface area contributed by atoms with Crippen molar-refractivity contribution in [2.45, 2.75) is 33.8 Å². The van der Waals surface area contributed by atoms with E-state index >= 15 is 0 Å². The first-order valence-electron chi connectivity index (χ1n) is 5.86. The van der Waals surface area contributed by atoms with E-state index in [0.717, 1.165) is 4.88 Å². The number of carbonyl (C=O) groups is 1. The number of hydrogen-bond donors (Lipinski definition) is 2. The van der Waals surface area contributed by atoms with E-state index in [1.807, 2.05) is 33.8 Å². The quantitative estimate of drug-likeness (QED) is 0.882. The van der Waals surface area contributed by atoms with Crippen molar-refractivity contribution < 1.29 is 14.6 Å². The van der Waals surface area contributed by atoms with Gasteiger partial charge in [-0.15, -0.1) is 11.3 Å². The van der Waals surface area contributed by atoms with E-state index in [1.165, 1.54) is 11.3 Å². The van der Waals surface area contributed by atoms with Crippen LogP contribution in [0.5, 0.6) is 5.75 Å². The Balaban J connectivity index is 2.66. The van der Waals surface area contributed by atoms with Crippen molar-refractivity contribution in [3.8, 4) is 5.75 Å². The number of methoxy groups -OCH3 is 1. The van der Waals surface area contributed by atoms with Gasteiger partial charge in [0.25, 0.3) is 5.91 Å². The third kappa shape index (κ3) is 3.71. The molecule has 5 heteroatoms. The molecule has 1 aromatic rings. The highest BCUT2D eigenvalue weighted by Gasteiger charge is 2.23. The molecule has 18 heavy (non-hydrogen) atoms. The molecular weight excluding hydrogens is 250 g/mol. The molecule has 0 saturated heterocycles. The molecule has 0 aliphatic rings. The molecule has 0 bridgehead atoms. The van der Waals surface area contributed by atoms with E-state index in [2.05, 4.69) is 5.32 Å². The van der Waals surface area contributed by atoms with Gasteiger partial charge in [-0.2, -0.15) is 0 Å². The Morgan fingerprint density at radius 2 is 2.17 bits per heavy atom. The topological polar surface area (TPSA) is 58.6 Å². The summed E-state index contributed by atoms with van der Waals surface area (Å²) in [5.74, 6) is 0.383. The van der Waals surface area contributed by atoms with Gasteiger partial charge in [0, 0.05) is 11.4 Å². The monoisotopic (exact) mass is 271 g/mol. The van der Waals surface area contributed by atoms with Crippen LogP contribution in [0.25, 0.3) is 0 Å². The Labute approximate surface area is 112 Å². The number of aliphatic hydroxyl groups is 1. The molecule has 0 radical (unpaired) electrons. The molecule has 0 aromatic carbocycles. The van der Waals surface area contributed by atoms with Gasteiger partial charge in [0.05, 0.1) is 13.2 Å². The number of carbonyl (C=O) groups excluding carboxylic acids is 1. The first-order valence-corrected chi connectivity index (χ1v) is 6.68. The number of ether oxygens (including phenoxy) is 1. The van der Waals surface area contributed by atoms with Gasteiger partial charge in [-0.25, -0.2) is 0 Å². The van der Waals surface area contributed by atoms with Crippen LogP contribution in [0.4, 0.5) is 0 Å². The predicted octanol–water partition coefficient (Wildman–Crippen LogP) is 2.20. The molecule has 1 rings (SSSR count). The smallest absolute Gasteiger partial charge is 0.265 e. The van der Waals surface area contributed by atoms with Crippen molar-refractivity contribution in [1.29, 1.82) is 0 Å². The largest absolute Gasteiger partial charge is 0.495 e. The molecule has 0 fully saturated rings. The predicted molar refractivity (Wildman–Crippen MR) is 73.4 cm³/mol. The molecule has 4 nitrogen and oxygen atoms in total. The van der Waals surface area contributed by atoms with Crippen molar-refractivity contribution >= 4 is 17.2 Å². The number of rotatable bonds is 4. The first kappa shape index (κ1) is 15.0. The molecule has 0 saturated carbocycles. The van der Waals surface area contributed by atoms with Crippen LogP contribution in [0.2, 0.25) is 0 Å². The molecular formula is C13H21NO3S. The van der Waals surface area contributed by atoms with Gasteiger partial charge in [-0.3, -0.25) is 4.79 Å². The maximum absolute atomic E-state index is 12.0. The maximum atomic E-state index is 12.0. The Bertz CT molecular complexity index is 420. The number of hydrogen-bond acceptors (Lipinski definition) is 4. The zero-order valence-electron chi connectivity index (χ0n) is 11.5. The summed E-state index contributed by atoms with van der Waals surface area (Å²) >= 11 is 1.39. The molecule has 2 N–H and O–H groups in total. The Morgan fingerprint density at radius 1 is 1.56 bits per heavy atom. The molecule has 0 spiro atoms. The Hall–Kier alpha value is -1.07. The lowest BCUT2D eigenvalue weighted by atomic mass is 9.89. The van der Waals surface area contributed by atoms with Crippen molar-refractivity contribution in [3.05, 3.63) is 15.8 Å². The van der Waals surface area contributed by atoms with E-state index in [1.54, 1.807) is 7.11 Å². The lowest BCUT2D eigenvalue weighted by Gasteiger charge is -2.25. The number of nitrogens with one attached hydrogen (secondary N) is 1. The number of aliphatic hydroxyl groups excluding tert-OH is 1. The summed E-state index contributed by atoms with van der Waals surface area (Å²) in [6.07, 6.45) is -0.575. The number of amides is 1. The average Bonchev–Trinajstić information content (AvgIpc) is 2.65. The van der Waals surface area contributed by atoms with E-state index < -0.39 is 6.10 Å². The normalized spacial score (nSPS) is 13.2. The number of aryl methyl sites for hydroxylation is 1. The van der Waals surface area contributed by atoms with Crippen LogP contribution in [-0.4, -0.2) is 30.8 Å². The van der Waals surface area contributed by atoms with Gasteiger partial charge in [-0.05, 0) is 18.4 Å². The highest BCUT2D eigenvalue weighted by Crippen LogP contribution is 2.28. The van der Waals surface area contributed by atoms with Crippen molar-refractivity contribution in [2.24, 2.45) is 5.41 Å². The summed E-state index contributed by atoms with van der Waals surface area (Å²) in [4.78, 5) is 13.6. The fourth-order valence-corrected chi connectivity index (χ4v) is 2.27. The second kappa shape index (κ2) is 5.71. The molecule has 0 aliphatic heterocycles. The van der Waals surface area contributed by atoms with Crippen LogP contribution in [0.15, 0.2) is 6.07 Å². The van der Waals surface area contributed by atoms with Crippen molar-refractivity contribution in [3.63, 3.8) is 0 Å². The van der Waals surface area contributed by atoms with Crippen LogP contribution in [0, 0.1) is 12.3 Å². The van der Waals surface area contributed by atoms with Crippen LogP contribution < -0.4 is 10.1 Å². The molecule has 1 atom stereocenters. The highest BCUT2D eigenvalue weighted by molar-refractivity contribution is 7.14. The fraction of sp³-hybridized carbons (Fsp3) is 0.615. The Kier molecular flexibility index (Phi) is 4.76. The van der Waals surface area contributed by atoms with E-state index in [4.69, 9.17) is 4.74 Å². The van der Waals surface area contributed by atoms with Gasteiger partial charge in [0.2, 0.25) is 0 Å². The van der Waals surface area contributed by atoms with Crippen LogP contribution in [-0.2, 0) is 0 Å². The minimum Gasteiger partial charge on any atom is -0.495 e. The van der Waals surface area contributed by atoms with Gasteiger partial charge in [0.15, 0.2) is 0 Å². The van der Waals surface area contributed by atoms with Gasteiger partial charge in [0.1, 0.15) is 10.6 Å². The summed E-state index contributed by atoms with van der Waals surface area (Å²) in [6.45, 7) is 7.95. The van der Waals surface area contributed by atoms with Gasteiger partial charge >= 0.3 is 0 Å². The molecule has 1 unspecified atom stereocenters. The lowest BCUT2D eigenvalue weighted by Crippen LogP contribution is -2.39. The summed E-state index contributed by atoms with van der Waals surface area (Å²) in [6, 6.07) is 1.83. The van der Waals surface area contributed by atoms with E-state index in [9.17, 15) is 9.90 Å². The van der Waals surface area contributed by atoms with Crippen LogP contribution >= 0.6 is 11.3 Å². The summed E-state index contributed by atoms with van der Waals surface area (Å²) in [5, 5.41) is 12.6. The van der Waals surface area contributed by atoms with Crippen molar-refractivity contribution in [1.82, 2.24) is 5.32 Å². The van der Waals surface area contributed by atoms with Crippen LogP contribution in [0.3, 0.4) is 0 Å². The minimum atomic E-state index is -0.575. The zero-order valence-corrected chi connectivity index (χ0v) is 12.4. The average molecular weight is 271 g/mol. The Morgan fingerprint density at radius 3 is 2.67 bits per heavy atom. The molecule has 1 amide bonds. The summed E-state index contributed by atoms with van der Waals surface area (Å²) < 4.78 is 5.15. The molecule has 1 heterocycles. The fourth-order valence-electron chi connectivity index (χ4n) is 1.38.